The first kappa shape index (κ1) is 11.6. The molecule has 0 bridgehead atoms. The predicted octanol–water partition coefficient (Wildman–Crippen LogP) is 0.149. The Morgan fingerprint density at radius 2 is 2.29 bits per heavy atom. The molecule has 0 radical (unpaired) electrons. The number of nitrogen functional groups attached to an aromatic ring is 1. The van der Waals surface area contributed by atoms with Crippen LogP contribution >= 0.6 is 0 Å². The van der Waals surface area contributed by atoms with E-state index in [4.69, 9.17) is 11.5 Å². The summed E-state index contributed by atoms with van der Waals surface area (Å²) >= 11 is 0. The van der Waals surface area contributed by atoms with Crippen molar-refractivity contribution in [1.82, 2.24) is 9.97 Å². The SMILES string of the molecule is CC1CCC(C(N)=O)CN1c1ccnc(N)n1. The first-order valence-electron chi connectivity index (χ1n) is 5.72. The molecule has 0 saturated carbocycles. The van der Waals surface area contributed by atoms with Gasteiger partial charge in [0, 0.05) is 18.8 Å². The second kappa shape index (κ2) is 4.57. The Morgan fingerprint density at radius 1 is 1.53 bits per heavy atom. The lowest BCUT2D eigenvalue weighted by molar-refractivity contribution is -0.122. The van der Waals surface area contributed by atoms with E-state index in [1.54, 1.807) is 12.3 Å². The van der Waals surface area contributed by atoms with Gasteiger partial charge in [-0.1, -0.05) is 0 Å². The van der Waals surface area contributed by atoms with Gasteiger partial charge in [0.25, 0.3) is 0 Å². The maximum atomic E-state index is 11.2. The van der Waals surface area contributed by atoms with Crippen LogP contribution in [0.2, 0.25) is 0 Å². The lowest BCUT2D eigenvalue weighted by atomic mass is 9.93. The van der Waals surface area contributed by atoms with Crippen LogP contribution in [0.15, 0.2) is 12.3 Å². The molecule has 1 amide bonds. The van der Waals surface area contributed by atoms with Crippen molar-refractivity contribution in [1.29, 1.82) is 0 Å². The number of hydrogen-bond donors (Lipinski definition) is 2. The Labute approximate surface area is 100 Å². The van der Waals surface area contributed by atoms with Crippen LogP contribution in [-0.2, 0) is 4.79 Å². The van der Waals surface area contributed by atoms with Gasteiger partial charge >= 0.3 is 0 Å². The van der Waals surface area contributed by atoms with Crippen molar-refractivity contribution in [2.75, 3.05) is 17.2 Å². The molecule has 0 aromatic carbocycles. The highest BCUT2D eigenvalue weighted by molar-refractivity contribution is 5.77. The Kier molecular flexibility index (Phi) is 3.12. The van der Waals surface area contributed by atoms with Crippen LogP contribution in [0.5, 0.6) is 0 Å². The number of carbonyl (C=O) groups is 1. The third-order valence-electron chi connectivity index (χ3n) is 3.24. The van der Waals surface area contributed by atoms with E-state index in [-0.39, 0.29) is 17.8 Å². The third-order valence-corrected chi connectivity index (χ3v) is 3.24. The van der Waals surface area contributed by atoms with Gasteiger partial charge in [0.1, 0.15) is 5.82 Å². The van der Waals surface area contributed by atoms with Gasteiger partial charge in [-0.15, -0.1) is 0 Å². The Bertz CT molecular complexity index is 422. The average molecular weight is 235 g/mol. The molecule has 2 unspecified atom stereocenters. The zero-order valence-corrected chi connectivity index (χ0v) is 9.84. The lowest BCUT2D eigenvalue weighted by Gasteiger charge is -2.37. The van der Waals surface area contributed by atoms with Gasteiger partial charge in [-0.05, 0) is 25.8 Å². The van der Waals surface area contributed by atoms with E-state index in [2.05, 4.69) is 21.8 Å². The average Bonchev–Trinajstić information content (AvgIpc) is 2.29. The highest BCUT2D eigenvalue weighted by Crippen LogP contribution is 2.26. The lowest BCUT2D eigenvalue weighted by Crippen LogP contribution is -2.46. The van der Waals surface area contributed by atoms with Crippen LogP contribution in [0.4, 0.5) is 11.8 Å². The topological polar surface area (TPSA) is 98.1 Å². The van der Waals surface area contributed by atoms with E-state index in [0.29, 0.717) is 12.6 Å². The zero-order chi connectivity index (χ0) is 12.4. The summed E-state index contributed by atoms with van der Waals surface area (Å²) in [5.41, 5.74) is 10.9. The second-order valence-corrected chi connectivity index (χ2v) is 4.45. The van der Waals surface area contributed by atoms with Crippen molar-refractivity contribution < 1.29 is 4.79 Å². The number of nitrogens with zero attached hydrogens (tertiary/aromatic N) is 3. The van der Waals surface area contributed by atoms with Crippen molar-refractivity contribution in [2.45, 2.75) is 25.8 Å². The number of hydrogen-bond acceptors (Lipinski definition) is 5. The maximum Gasteiger partial charge on any atom is 0.222 e. The molecule has 1 aromatic rings. The molecule has 2 heterocycles. The van der Waals surface area contributed by atoms with Crippen LogP contribution in [-0.4, -0.2) is 28.5 Å². The number of amides is 1. The summed E-state index contributed by atoms with van der Waals surface area (Å²) < 4.78 is 0. The first-order valence-corrected chi connectivity index (χ1v) is 5.72. The molecule has 1 aliphatic heterocycles. The molecule has 17 heavy (non-hydrogen) atoms. The minimum Gasteiger partial charge on any atom is -0.369 e. The monoisotopic (exact) mass is 235 g/mol. The molecule has 1 fully saturated rings. The van der Waals surface area contributed by atoms with E-state index in [1.807, 2.05) is 0 Å². The highest BCUT2D eigenvalue weighted by Gasteiger charge is 2.29. The van der Waals surface area contributed by atoms with Crippen molar-refractivity contribution in [2.24, 2.45) is 11.7 Å². The molecular weight excluding hydrogens is 218 g/mol. The smallest absolute Gasteiger partial charge is 0.222 e. The van der Waals surface area contributed by atoms with Crippen molar-refractivity contribution >= 4 is 17.7 Å². The summed E-state index contributed by atoms with van der Waals surface area (Å²) in [6.07, 6.45) is 3.39. The highest BCUT2D eigenvalue weighted by atomic mass is 16.1. The van der Waals surface area contributed by atoms with E-state index >= 15 is 0 Å². The van der Waals surface area contributed by atoms with Gasteiger partial charge in [0.05, 0.1) is 5.92 Å². The number of aromatic nitrogens is 2. The number of nitrogens with two attached hydrogens (primary N) is 2. The summed E-state index contributed by atoms with van der Waals surface area (Å²) in [4.78, 5) is 21.4. The minimum atomic E-state index is -0.246. The molecule has 6 nitrogen and oxygen atoms in total. The van der Waals surface area contributed by atoms with Gasteiger partial charge in [-0.2, -0.15) is 4.98 Å². The van der Waals surface area contributed by atoms with Crippen molar-refractivity contribution in [3.8, 4) is 0 Å². The quantitative estimate of drug-likeness (QED) is 0.760. The summed E-state index contributed by atoms with van der Waals surface area (Å²) in [6, 6.07) is 2.14. The van der Waals surface area contributed by atoms with Crippen molar-refractivity contribution in [3.63, 3.8) is 0 Å². The largest absolute Gasteiger partial charge is 0.369 e. The number of piperidine rings is 1. The summed E-state index contributed by atoms with van der Waals surface area (Å²) in [6.45, 7) is 2.71. The number of carbonyl (C=O) groups excluding carboxylic acids is 1. The number of primary amides is 1. The molecule has 1 saturated heterocycles. The molecule has 1 aliphatic rings. The van der Waals surface area contributed by atoms with Gasteiger partial charge in [0.2, 0.25) is 11.9 Å². The minimum absolute atomic E-state index is 0.109. The zero-order valence-electron chi connectivity index (χ0n) is 9.84. The third kappa shape index (κ3) is 2.46. The van der Waals surface area contributed by atoms with Gasteiger partial charge in [-0.25, -0.2) is 4.98 Å². The molecule has 1 aromatic heterocycles. The van der Waals surface area contributed by atoms with Gasteiger partial charge < -0.3 is 16.4 Å². The molecule has 0 spiro atoms. The molecule has 0 aliphatic carbocycles. The molecule has 2 atom stereocenters. The van der Waals surface area contributed by atoms with Gasteiger partial charge in [-0.3, -0.25) is 4.79 Å². The van der Waals surface area contributed by atoms with Crippen LogP contribution < -0.4 is 16.4 Å². The van der Waals surface area contributed by atoms with E-state index in [0.717, 1.165) is 18.7 Å². The summed E-state index contributed by atoms with van der Waals surface area (Å²) in [5, 5.41) is 0. The predicted molar refractivity (Wildman–Crippen MR) is 65.2 cm³/mol. The van der Waals surface area contributed by atoms with Crippen LogP contribution in [0.25, 0.3) is 0 Å². The van der Waals surface area contributed by atoms with E-state index < -0.39 is 0 Å². The molecule has 4 N–H and O–H groups in total. The molecule has 6 heteroatoms. The standard InChI is InChI=1S/C11H17N5O/c1-7-2-3-8(10(12)17)6-16(7)9-4-5-14-11(13)15-9/h4-5,7-8H,2-3,6H2,1H3,(H2,12,17)(H2,13,14,15). The van der Waals surface area contributed by atoms with Crippen molar-refractivity contribution in [3.05, 3.63) is 12.3 Å². The number of rotatable bonds is 2. The van der Waals surface area contributed by atoms with E-state index in [9.17, 15) is 4.79 Å². The van der Waals surface area contributed by atoms with Crippen LogP contribution in [0.1, 0.15) is 19.8 Å². The van der Waals surface area contributed by atoms with E-state index in [1.165, 1.54) is 0 Å². The van der Waals surface area contributed by atoms with Crippen LogP contribution in [0, 0.1) is 5.92 Å². The Morgan fingerprint density at radius 3 is 2.94 bits per heavy atom. The summed E-state index contributed by atoms with van der Waals surface area (Å²) in [5.74, 6) is 0.651. The normalized spacial score (nSPS) is 24.6. The fourth-order valence-electron chi connectivity index (χ4n) is 2.18. The second-order valence-electron chi connectivity index (χ2n) is 4.45. The van der Waals surface area contributed by atoms with Gasteiger partial charge in [0.15, 0.2) is 0 Å². The Hall–Kier alpha value is -1.85. The fourth-order valence-corrected chi connectivity index (χ4v) is 2.18. The van der Waals surface area contributed by atoms with Crippen LogP contribution in [0.3, 0.4) is 0 Å². The number of anilines is 2. The molecule has 92 valence electrons. The fraction of sp³-hybridized carbons (Fsp3) is 0.545. The summed E-state index contributed by atoms with van der Waals surface area (Å²) in [7, 11) is 0. The Balaban J connectivity index is 2.20. The molecular formula is C11H17N5O. The maximum absolute atomic E-state index is 11.2. The molecule has 2 rings (SSSR count). The first-order chi connectivity index (χ1) is 8.08.